The van der Waals surface area contributed by atoms with Gasteiger partial charge in [-0.3, -0.25) is 9.78 Å². The second kappa shape index (κ2) is 6.30. The van der Waals surface area contributed by atoms with E-state index in [1.807, 2.05) is 11.1 Å². The third-order valence-corrected chi connectivity index (χ3v) is 4.53. The van der Waals surface area contributed by atoms with Crippen molar-refractivity contribution in [2.24, 2.45) is 0 Å². The second-order valence-electron chi connectivity index (χ2n) is 6.09. The van der Waals surface area contributed by atoms with Gasteiger partial charge in [0.2, 0.25) is 5.91 Å². The summed E-state index contributed by atoms with van der Waals surface area (Å²) >= 11 is 0. The van der Waals surface area contributed by atoms with Crippen LogP contribution in [0.3, 0.4) is 0 Å². The van der Waals surface area contributed by atoms with Crippen molar-refractivity contribution in [3.8, 4) is 11.1 Å². The fraction of sp³-hybridized carbons (Fsp3) is 0.368. The van der Waals surface area contributed by atoms with Crippen molar-refractivity contribution in [2.45, 2.75) is 32.6 Å². The molecule has 3 nitrogen and oxygen atoms in total. The maximum Gasteiger partial charge on any atom is 0.219 e. The van der Waals surface area contributed by atoms with Crippen molar-refractivity contribution in [1.29, 1.82) is 0 Å². The molecular weight excluding hydrogens is 272 g/mol. The van der Waals surface area contributed by atoms with E-state index in [4.69, 9.17) is 0 Å². The Hall–Kier alpha value is -2.16. The molecule has 1 saturated heterocycles. The number of nitrogens with zero attached hydrogens (tertiary/aromatic N) is 2. The van der Waals surface area contributed by atoms with Gasteiger partial charge in [-0.15, -0.1) is 0 Å². The fourth-order valence-electron chi connectivity index (χ4n) is 3.21. The molecule has 0 aliphatic carbocycles. The maximum absolute atomic E-state index is 11.6. The Morgan fingerprint density at radius 3 is 2.73 bits per heavy atom. The smallest absolute Gasteiger partial charge is 0.219 e. The van der Waals surface area contributed by atoms with Gasteiger partial charge in [0.1, 0.15) is 0 Å². The predicted molar refractivity (Wildman–Crippen MR) is 88.6 cm³/mol. The lowest BCUT2D eigenvalue weighted by molar-refractivity contribution is -0.130. The zero-order valence-corrected chi connectivity index (χ0v) is 13.2. The molecule has 1 fully saturated rings. The standard InChI is InChI=1S/C19H22N2O/c1-14-6-3-4-8-18(14)16-9-10-19(20-12-16)17-7-5-11-21(13-17)15(2)22/h3-4,6,8-10,12,17H,5,7,11,13H2,1-2H3/t17-/m1/s1. The van der Waals surface area contributed by atoms with Crippen LogP contribution in [0.5, 0.6) is 0 Å². The van der Waals surface area contributed by atoms with E-state index in [2.05, 4.69) is 48.3 Å². The molecule has 2 heterocycles. The number of pyridine rings is 1. The van der Waals surface area contributed by atoms with Crippen LogP contribution in [-0.2, 0) is 4.79 Å². The van der Waals surface area contributed by atoms with E-state index >= 15 is 0 Å². The quantitative estimate of drug-likeness (QED) is 0.844. The van der Waals surface area contributed by atoms with E-state index in [1.165, 1.54) is 11.1 Å². The second-order valence-corrected chi connectivity index (χ2v) is 6.09. The molecule has 0 bridgehead atoms. The average Bonchev–Trinajstić information content (AvgIpc) is 2.56. The zero-order chi connectivity index (χ0) is 15.5. The first-order chi connectivity index (χ1) is 10.6. The number of amides is 1. The van der Waals surface area contributed by atoms with Crippen LogP contribution in [-0.4, -0.2) is 28.9 Å². The Balaban J connectivity index is 1.80. The van der Waals surface area contributed by atoms with Gasteiger partial charge in [0.15, 0.2) is 0 Å². The van der Waals surface area contributed by atoms with Crippen LogP contribution in [0, 0.1) is 6.92 Å². The third kappa shape index (κ3) is 3.03. The number of piperidine rings is 1. The summed E-state index contributed by atoms with van der Waals surface area (Å²) in [6.45, 7) is 5.45. The molecular formula is C19H22N2O. The van der Waals surface area contributed by atoms with Crippen molar-refractivity contribution >= 4 is 5.91 Å². The summed E-state index contributed by atoms with van der Waals surface area (Å²) in [6, 6.07) is 12.6. The van der Waals surface area contributed by atoms with Crippen LogP contribution < -0.4 is 0 Å². The molecule has 1 aliphatic heterocycles. The van der Waals surface area contributed by atoms with E-state index in [1.54, 1.807) is 6.92 Å². The Kier molecular flexibility index (Phi) is 4.23. The first-order valence-electron chi connectivity index (χ1n) is 7.92. The van der Waals surface area contributed by atoms with Crippen molar-refractivity contribution in [1.82, 2.24) is 9.88 Å². The SMILES string of the molecule is CC(=O)N1CCC[C@@H](c2ccc(-c3ccccc3C)cn2)C1. The van der Waals surface area contributed by atoms with E-state index in [0.29, 0.717) is 5.92 Å². The molecule has 1 amide bonds. The van der Waals surface area contributed by atoms with E-state index in [-0.39, 0.29) is 5.91 Å². The number of hydrogen-bond acceptors (Lipinski definition) is 2. The summed E-state index contributed by atoms with van der Waals surface area (Å²) in [5.74, 6) is 0.532. The molecule has 1 atom stereocenters. The van der Waals surface area contributed by atoms with Gasteiger partial charge in [-0.05, 0) is 37.0 Å². The number of carbonyl (C=O) groups excluding carboxylic acids is 1. The number of aryl methyl sites for hydroxylation is 1. The topological polar surface area (TPSA) is 33.2 Å². The minimum absolute atomic E-state index is 0.168. The molecule has 0 N–H and O–H groups in total. The van der Waals surface area contributed by atoms with Gasteiger partial charge in [-0.1, -0.05) is 30.3 Å². The Morgan fingerprint density at radius 1 is 1.23 bits per heavy atom. The minimum atomic E-state index is 0.168. The van der Waals surface area contributed by atoms with Crippen LogP contribution in [0.2, 0.25) is 0 Å². The zero-order valence-electron chi connectivity index (χ0n) is 13.2. The van der Waals surface area contributed by atoms with Crippen LogP contribution in [0.1, 0.15) is 36.9 Å². The predicted octanol–water partition coefficient (Wildman–Crippen LogP) is 3.78. The summed E-state index contributed by atoms with van der Waals surface area (Å²) < 4.78 is 0. The highest BCUT2D eigenvalue weighted by Crippen LogP contribution is 2.28. The van der Waals surface area contributed by atoms with Crippen molar-refractivity contribution < 1.29 is 4.79 Å². The molecule has 0 saturated carbocycles. The maximum atomic E-state index is 11.6. The van der Waals surface area contributed by atoms with Gasteiger partial charge < -0.3 is 4.90 Å². The molecule has 1 aliphatic rings. The van der Waals surface area contributed by atoms with Crippen molar-refractivity contribution in [3.05, 3.63) is 53.9 Å². The van der Waals surface area contributed by atoms with Crippen LogP contribution in [0.15, 0.2) is 42.6 Å². The number of aromatic nitrogens is 1. The molecule has 0 radical (unpaired) electrons. The molecule has 22 heavy (non-hydrogen) atoms. The van der Waals surface area contributed by atoms with Crippen molar-refractivity contribution in [3.63, 3.8) is 0 Å². The molecule has 0 unspecified atom stereocenters. The molecule has 2 aromatic rings. The summed E-state index contributed by atoms with van der Waals surface area (Å²) in [7, 11) is 0. The monoisotopic (exact) mass is 294 g/mol. The van der Waals surface area contributed by atoms with Gasteiger partial charge in [0.25, 0.3) is 0 Å². The van der Waals surface area contributed by atoms with E-state index in [0.717, 1.165) is 37.2 Å². The number of rotatable bonds is 2. The van der Waals surface area contributed by atoms with Gasteiger partial charge in [-0.2, -0.15) is 0 Å². The first kappa shape index (κ1) is 14.8. The average molecular weight is 294 g/mol. The number of benzene rings is 1. The lowest BCUT2D eigenvalue weighted by Crippen LogP contribution is -2.37. The number of likely N-dealkylation sites (tertiary alicyclic amines) is 1. The molecule has 114 valence electrons. The van der Waals surface area contributed by atoms with Crippen LogP contribution in [0.25, 0.3) is 11.1 Å². The molecule has 1 aromatic carbocycles. The Bertz CT molecular complexity index is 663. The van der Waals surface area contributed by atoms with Gasteiger partial charge in [-0.25, -0.2) is 0 Å². The molecule has 1 aromatic heterocycles. The largest absolute Gasteiger partial charge is 0.342 e. The Labute approximate surface area is 132 Å². The number of carbonyl (C=O) groups is 1. The highest BCUT2D eigenvalue weighted by atomic mass is 16.2. The number of hydrogen-bond donors (Lipinski definition) is 0. The van der Waals surface area contributed by atoms with E-state index in [9.17, 15) is 4.79 Å². The lowest BCUT2D eigenvalue weighted by atomic mass is 9.93. The molecule has 3 heteroatoms. The third-order valence-electron chi connectivity index (χ3n) is 4.53. The molecule has 3 rings (SSSR count). The highest BCUT2D eigenvalue weighted by Gasteiger charge is 2.23. The Morgan fingerprint density at radius 2 is 2.05 bits per heavy atom. The minimum Gasteiger partial charge on any atom is -0.342 e. The van der Waals surface area contributed by atoms with Crippen molar-refractivity contribution in [2.75, 3.05) is 13.1 Å². The first-order valence-corrected chi connectivity index (χ1v) is 7.92. The summed E-state index contributed by atoms with van der Waals surface area (Å²) in [4.78, 5) is 18.2. The van der Waals surface area contributed by atoms with E-state index < -0.39 is 0 Å². The van der Waals surface area contributed by atoms with Crippen LogP contribution >= 0.6 is 0 Å². The summed E-state index contributed by atoms with van der Waals surface area (Å²) in [5, 5.41) is 0. The molecule has 0 spiro atoms. The normalized spacial score (nSPS) is 18.3. The fourth-order valence-corrected chi connectivity index (χ4v) is 3.21. The summed E-state index contributed by atoms with van der Waals surface area (Å²) in [6.07, 6.45) is 4.14. The van der Waals surface area contributed by atoms with Gasteiger partial charge in [0, 0.05) is 43.4 Å². The highest BCUT2D eigenvalue weighted by molar-refractivity contribution is 5.73. The van der Waals surface area contributed by atoms with Gasteiger partial charge >= 0.3 is 0 Å². The lowest BCUT2D eigenvalue weighted by Gasteiger charge is -2.31. The van der Waals surface area contributed by atoms with Gasteiger partial charge in [0.05, 0.1) is 0 Å². The summed E-state index contributed by atoms with van der Waals surface area (Å²) in [5.41, 5.74) is 4.75. The van der Waals surface area contributed by atoms with Crippen LogP contribution in [0.4, 0.5) is 0 Å².